The Hall–Kier alpha value is -2.44. The van der Waals surface area contributed by atoms with E-state index in [4.69, 9.17) is 4.74 Å². The van der Waals surface area contributed by atoms with Gasteiger partial charge in [0.15, 0.2) is 0 Å². The maximum Gasteiger partial charge on any atom is 0.279 e. The molecule has 3 heterocycles. The summed E-state index contributed by atoms with van der Waals surface area (Å²) in [5.41, 5.74) is 2.28. The molecule has 29 heavy (non-hydrogen) atoms. The Balaban J connectivity index is 1.22. The molecule has 1 amide bonds. The zero-order valence-electron chi connectivity index (χ0n) is 16.5. The van der Waals surface area contributed by atoms with Crippen LogP contribution in [0.3, 0.4) is 0 Å². The third-order valence-corrected chi connectivity index (χ3v) is 6.97. The van der Waals surface area contributed by atoms with Crippen molar-refractivity contribution in [1.82, 2.24) is 15.2 Å². The molecule has 6 heteroatoms. The molecule has 1 N–H and O–H groups in total. The number of hydrogen-bond donors (Lipinski definition) is 1. The van der Waals surface area contributed by atoms with E-state index >= 15 is 0 Å². The number of thiazole rings is 1. The summed E-state index contributed by atoms with van der Waals surface area (Å²) in [6.45, 7) is 2.58. The zero-order valence-corrected chi connectivity index (χ0v) is 17.3. The Bertz CT molecular complexity index is 969. The second-order valence-corrected chi connectivity index (χ2v) is 9.11. The van der Waals surface area contributed by atoms with E-state index in [2.05, 4.69) is 33.4 Å². The van der Waals surface area contributed by atoms with E-state index in [1.54, 1.807) is 18.3 Å². The predicted molar refractivity (Wildman–Crippen MR) is 115 cm³/mol. The molecular weight excluding hydrogens is 382 g/mol. The van der Waals surface area contributed by atoms with Gasteiger partial charge in [-0.2, -0.15) is 0 Å². The fourth-order valence-electron chi connectivity index (χ4n) is 4.81. The summed E-state index contributed by atoms with van der Waals surface area (Å²) < 4.78 is 7.10. The van der Waals surface area contributed by atoms with Crippen molar-refractivity contribution >= 4 is 27.5 Å². The van der Waals surface area contributed by atoms with Gasteiger partial charge in [-0.3, -0.25) is 9.69 Å². The Morgan fingerprint density at radius 1 is 1.14 bits per heavy atom. The minimum Gasteiger partial charge on any atom is -0.431 e. The van der Waals surface area contributed by atoms with Gasteiger partial charge in [-0.25, -0.2) is 4.98 Å². The van der Waals surface area contributed by atoms with Crippen LogP contribution in [0.25, 0.3) is 10.2 Å². The highest BCUT2D eigenvalue weighted by Gasteiger charge is 2.40. The number of fused-ring (bicyclic) bond motifs is 3. The van der Waals surface area contributed by atoms with Crippen LogP contribution in [0.2, 0.25) is 0 Å². The van der Waals surface area contributed by atoms with Crippen LogP contribution < -0.4 is 10.1 Å². The first-order valence-electron chi connectivity index (χ1n) is 10.3. The number of nitrogens with one attached hydrogen (secondary N) is 1. The van der Waals surface area contributed by atoms with Gasteiger partial charge in [-0.05, 0) is 55.5 Å². The van der Waals surface area contributed by atoms with Crippen molar-refractivity contribution in [1.29, 1.82) is 0 Å². The van der Waals surface area contributed by atoms with Crippen molar-refractivity contribution in [2.45, 2.75) is 57.3 Å². The van der Waals surface area contributed by atoms with Crippen molar-refractivity contribution in [3.63, 3.8) is 0 Å². The van der Waals surface area contributed by atoms with Crippen molar-refractivity contribution in [2.24, 2.45) is 0 Å². The molecule has 0 aliphatic carbocycles. The lowest BCUT2D eigenvalue weighted by atomic mass is 9.96. The molecule has 2 aliphatic heterocycles. The lowest BCUT2D eigenvalue weighted by Gasteiger charge is -2.39. The standard InChI is InChI=1S/C23H25N3O2S/c1-15(27)24-17-12-18-8-9-19(13-17)26(18)14-16-6-10-20(11-7-16)28-23-25-21-4-2-3-5-22(21)29-23/h2-7,10-11,17-19H,8-9,12-14H2,1H3,(H,24,27)/t17-,18+,19?/m1/s1. The number of para-hydroxylation sites is 1. The summed E-state index contributed by atoms with van der Waals surface area (Å²) in [5.74, 6) is 0.909. The average molecular weight is 408 g/mol. The third-order valence-electron chi connectivity index (χ3n) is 6.06. The van der Waals surface area contributed by atoms with E-state index in [0.717, 1.165) is 35.4 Å². The van der Waals surface area contributed by atoms with E-state index in [-0.39, 0.29) is 5.91 Å². The minimum atomic E-state index is 0.0894. The first-order chi connectivity index (χ1) is 14.1. The zero-order chi connectivity index (χ0) is 19.8. The molecule has 1 aromatic heterocycles. The summed E-state index contributed by atoms with van der Waals surface area (Å²) >= 11 is 1.57. The van der Waals surface area contributed by atoms with Crippen LogP contribution in [0.4, 0.5) is 0 Å². The van der Waals surface area contributed by atoms with Gasteiger partial charge in [-0.15, -0.1) is 0 Å². The second kappa shape index (κ2) is 7.76. The number of amides is 1. The maximum atomic E-state index is 11.4. The summed E-state index contributed by atoms with van der Waals surface area (Å²) in [4.78, 5) is 18.6. The van der Waals surface area contributed by atoms with Gasteiger partial charge in [-0.1, -0.05) is 35.6 Å². The Labute approximate surface area is 174 Å². The van der Waals surface area contributed by atoms with Crippen LogP contribution in [0, 0.1) is 0 Å². The molecule has 2 saturated heterocycles. The van der Waals surface area contributed by atoms with Crippen molar-refractivity contribution < 1.29 is 9.53 Å². The number of ether oxygens (including phenoxy) is 1. The Morgan fingerprint density at radius 3 is 2.55 bits per heavy atom. The Kier molecular flexibility index (Phi) is 4.97. The highest BCUT2D eigenvalue weighted by atomic mass is 32.1. The lowest BCUT2D eigenvalue weighted by Crippen LogP contribution is -2.49. The van der Waals surface area contributed by atoms with Gasteiger partial charge in [0.2, 0.25) is 5.91 Å². The lowest BCUT2D eigenvalue weighted by molar-refractivity contribution is -0.120. The van der Waals surface area contributed by atoms with Crippen molar-refractivity contribution in [3.8, 4) is 10.9 Å². The normalized spacial score (nSPS) is 24.0. The molecular formula is C23H25N3O2S. The topological polar surface area (TPSA) is 54.5 Å². The molecule has 1 unspecified atom stereocenters. The van der Waals surface area contributed by atoms with Gasteiger partial charge in [0, 0.05) is 31.6 Å². The van der Waals surface area contributed by atoms with E-state index in [0.29, 0.717) is 23.3 Å². The van der Waals surface area contributed by atoms with E-state index < -0.39 is 0 Å². The fraction of sp³-hybridized carbons (Fsp3) is 0.391. The molecule has 0 radical (unpaired) electrons. The van der Waals surface area contributed by atoms with Crippen LogP contribution in [0.15, 0.2) is 48.5 Å². The fourth-order valence-corrected chi connectivity index (χ4v) is 5.64. The van der Waals surface area contributed by atoms with Crippen molar-refractivity contribution in [2.75, 3.05) is 0 Å². The molecule has 2 fully saturated rings. The smallest absolute Gasteiger partial charge is 0.279 e. The van der Waals surface area contributed by atoms with E-state index in [1.807, 2.05) is 30.3 Å². The van der Waals surface area contributed by atoms with Gasteiger partial charge in [0.25, 0.3) is 5.19 Å². The van der Waals surface area contributed by atoms with Crippen LogP contribution in [-0.2, 0) is 11.3 Å². The van der Waals surface area contributed by atoms with Gasteiger partial charge < -0.3 is 10.1 Å². The van der Waals surface area contributed by atoms with Crippen molar-refractivity contribution in [3.05, 3.63) is 54.1 Å². The number of nitrogens with zero attached hydrogens (tertiary/aromatic N) is 2. The first kappa shape index (κ1) is 18.6. The summed E-state index contributed by atoms with van der Waals surface area (Å²) in [6.07, 6.45) is 4.60. The summed E-state index contributed by atoms with van der Waals surface area (Å²) in [5, 5.41) is 3.80. The maximum absolute atomic E-state index is 11.4. The molecule has 150 valence electrons. The third kappa shape index (κ3) is 4.00. The molecule has 3 atom stereocenters. The molecule has 3 aromatic rings. The highest BCUT2D eigenvalue weighted by molar-refractivity contribution is 7.20. The molecule has 2 bridgehead atoms. The van der Waals surface area contributed by atoms with E-state index in [9.17, 15) is 4.79 Å². The number of carbonyl (C=O) groups excluding carboxylic acids is 1. The number of hydrogen-bond acceptors (Lipinski definition) is 5. The second-order valence-electron chi connectivity index (χ2n) is 8.12. The molecule has 5 nitrogen and oxygen atoms in total. The minimum absolute atomic E-state index is 0.0894. The number of carbonyl (C=O) groups is 1. The van der Waals surface area contributed by atoms with Crippen LogP contribution in [0.1, 0.15) is 38.2 Å². The largest absolute Gasteiger partial charge is 0.431 e. The monoisotopic (exact) mass is 407 g/mol. The average Bonchev–Trinajstić information content (AvgIpc) is 3.20. The molecule has 2 aromatic carbocycles. The van der Waals surface area contributed by atoms with Gasteiger partial charge in [0.05, 0.1) is 10.2 Å². The van der Waals surface area contributed by atoms with Crippen LogP contribution >= 0.6 is 11.3 Å². The van der Waals surface area contributed by atoms with Crippen LogP contribution in [-0.4, -0.2) is 33.9 Å². The summed E-state index contributed by atoms with van der Waals surface area (Å²) in [6, 6.07) is 17.9. The number of rotatable bonds is 5. The quantitative estimate of drug-likeness (QED) is 0.665. The molecule has 0 saturated carbocycles. The SMILES string of the molecule is CC(=O)N[C@H]1CC2CC[C@@H](C1)N2Cc1ccc(Oc2nc3ccccc3s2)cc1. The van der Waals surface area contributed by atoms with E-state index in [1.165, 1.54) is 18.4 Å². The van der Waals surface area contributed by atoms with Gasteiger partial charge >= 0.3 is 0 Å². The van der Waals surface area contributed by atoms with Crippen LogP contribution in [0.5, 0.6) is 10.9 Å². The number of aromatic nitrogens is 1. The highest BCUT2D eigenvalue weighted by Crippen LogP contribution is 2.37. The molecule has 2 aliphatic rings. The number of piperidine rings is 1. The summed E-state index contributed by atoms with van der Waals surface area (Å²) in [7, 11) is 0. The van der Waals surface area contributed by atoms with Gasteiger partial charge in [0.1, 0.15) is 5.75 Å². The molecule has 5 rings (SSSR count). The molecule has 0 spiro atoms. The number of benzene rings is 2. The first-order valence-corrected chi connectivity index (χ1v) is 11.1. The Morgan fingerprint density at radius 2 is 1.86 bits per heavy atom. The predicted octanol–water partition coefficient (Wildman–Crippen LogP) is 4.72.